The van der Waals surface area contributed by atoms with Crippen molar-refractivity contribution in [3.05, 3.63) is 40.8 Å². The van der Waals surface area contributed by atoms with Gasteiger partial charge in [-0.05, 0) is 18.9 Å². The fourth-order valence-corrected chi connectivity index (χ4v) is 2.96. The Bertz CT molecular complexity index is 732. The normalized spacial score (nSPS) is 16.8. The number of amides is 1. The summed E-state index contributed by atoms with van der Waals surface area (Å²) in [6.45, 7) is 2.09. The third kappa shape index (κ3) is 2.87. The summed E-state index contributed by atoms with van der Waals surface area (Å²) < 4.78 is 1.50. The van der Waals surface area contributed by atoms with Crippen molar-refractivity contribution in [2.24, 2.45) is 5.92 Å². The molecule has 116 valence electrons. The van der Waals surface area contributed by atoms with E-state index < -0.39 is 0 Å². The van der Waals surface area contributed by atoms with Crippen LogP contribution in [-0.4, -0.2) is 40.7 Å². The maximum Gasteiger partial charge on any atom is 0.275 e. The molecule has 6 nitrogen and oxygen atoms in total. The van der Waals surface area contributed by atoms with E-state index in [1.165, 1.54) is 4.68 Å². The highest BCUT2D eigenvalue weighted by molar-refractivity contribution is 5.80. The number of carbonyl (C=O) groups excluding carboxylic acids is 1. The number of hydrogen-bond donors (Lipinski definition) is 1. The van der Waals surface area contributed by atoms with Gasteiger partial charge < -0.3 is 5.32 Å². The molecule has 0 saturated carbocycles. The quantitative estimate of drug-likeness (QED) is 0.911. The van der Waals surface area contributed by atoms with Gasteiger partial charge in [0.15, 0.2) is 0 Å². The van der Waals surface area contributed by atoms with Crippen molar-refractivity contribution in [1.82, 2.24) is 20.0 Å². The van der Waals surface area contributed by atoms with E-state index in [1.54, 1.807) is 13.2 Å². The molecule has 1 aliphatic heterocycles. The molecule has 0 radical (unpaired) electrons. The van der Waals surface area contributed by atoms with E-state index in [2.05, 4.69) is 15.3 Å². The zero-order chi connectivity index (χ0) is 15.5. The summed E-state index contributed by atoms with van der Waals surface area (Å²) >= 11 is 0. The summed E-state index contributed by atoms with van der Waals surface area (Å²) in [6, 6.07) is 7.48. The standard InChI is InChI=1S/C16H20N4O2/c1-17-15(21)12-6-8-19(9-7-12)11-20-16(22)14-5-3-2-4-13(14)10-18-20/h2-5,10,12H,6-9,11H2,1H3,(H,17,21). The van der Waals surface area contributed by atoms with Gasteiger partial charge in [-0.3, -0.25) is 14.5 Å². The molecule has 0 spiro atoms. The summed E-state index contributed by atoms with van der Waals surface area (Å²) in [6.07, 6.45) is 3.37. The summed E-state index contributed by atoms with van der Waals surface area (Å²) in [7, 11) is 1.67. The molecule has 0 atom stereocenters. The Morgan fingerprint density at radius 1 is 1.32 bits per heavy atom. The number of aromatic nitrogens is 2. The Morgan fingerprint density at radius 3 is 2.77 bits per heavy atom. The topological polar surface area (TPSA) is 67.2 Å². The Morgan fingerprint density at radius 2 is 2.05 bits per heavy atom. The van der Waals surface area contributed by atoms with Crippen LogP contribution < -0.4 is 10.9 Å². The number of fused-ring (bicyclic) bond motifs is 1. The highest BCUT2D eigenvalue weighted by Crippen LogP contribution is 2.17. The molecule has 0 unspecified atom stereocenters. The molecule has 1 aromatic heterocycles. The van der Waals surface area contributed by atoms with Gasteiger partial charge in [-0.15, -0.1) is 0 Å². The van der Waals surface area contributed by atoms with Crippen LogP contribution >= 0.6 is 0 Å². The maximum absolute atomic E-state index is 12.4. The molecule has 1 saturated heterocycles. The SMILES string of the molecule is CNC(=O)C1CCN(Cn2ncc3ccccc3c2=O)CC1. The van der Waals surface area contributed by atoms with E-state index in [0.717, 1.165) is 31.3 Å². The molecule has 1 amide bonds. The van der Waals surface area contributed by atoms with E-state index in [-0.39, 0.29) is 17.4 Å². The second-order valence-corrected chi connectivity index (χ2v) is 5.68. The van der Waals surface area contributed by atoms with Crippen LogP contribution in [0.4, 0.5) is 0 Å². The number of benzene rings is 1. The highest BCUT2D eigenvalue weighted by Gasteiger charge is 2.24. The lowest BCUT2D eigenvalue weighted by Crippen LogP contribution is -2.42. The highest BCUT2D eigenvalue weighted by atomic mass is 16.2. The minimum atomic E-state index is -0.0634. The Kier molecular flexibility index (Phi) is 4.20. The Balaban J connectivity index is 1.71. The van der Waals surface area contributed by atoms with E-state index in [9.17, 15) is 9.59 Å². The van der Waals surface area contributed by atoms with E-state index in [4.69, 9.17) is 0 Å². The third-order valence-electron chi connectivity index (χ3n) is 4.30. The van der Waals surface area contributed by atoms with Crippen LogP contribution in [0.25, 0.3) is 10.8 Å². The first kappa shape index (κ1) is 14.7. The first-order valence-corrected chi connectivity index (χ1v) is 7.58. The van der Waals surface area contributed by atoms with Gasteiger partial charge in [-0.25, -0.2) is 4.68 Å². The van der Waals surface area contributed by atoms with Gasteiger partial charge in [0, 0.05) is 31.4 Å². The lowest BCUT2D eigenvalue weighted by atomic mass is 9.96. The van der Waals surface area contributed by atoms with Crippen LogP contribution in [0, 0.1) is 5.92 Å². The number of rotatable bonds is 3. The van der Waals surface area contributed by atoms with Crippen molar-refractivity contribution in [3.8, 4) is 0 Å². The largest absolute Gasteiger partial charge is 0.359 e. The molecule has 1 aliphatic rings. The summed E-state index contributed by atoms with van der Waals surface area (Å²) in [5, 5.41) is 8.51. The molecular formula is C16H20N4O2. The lowest BCUT2D eigenvalue weighted by molar-refractivity contribution is -0.126. The predicted octanol–water partition coefficient (Wildman–Crippen LogP) is 0.812. The summed E-state index contributed by atoms with van der Waals surface area (Å²) in [5.41, 5.74) is -0.0634. The second-order valence-electron chi connectivity index (χ2n) is 5.68. The first-order valence-electron chi connectivity index (χ1n) is 7.58. The minimum Gasteiger partial charge on any atom is -0.359 e. The van der Waals surface area contributed by atoms with Crippen molar-refractivity contribution in [2.45, 2.75) is 19.5 Å². The van der Waals surface area contributed by atoms with Crippen LogP contribution in [0.1, 0.15) is 12.8 Å². The molecule has 6 heteroatoms. The van der Waals surface area contributed by atoms with E-state index in [0.29, 0.717) is 12.1 Å². The second kappa shape index (κ2) is 6.27. The number of likely N-dealkylation sites (tertiary alicyclic amines) is 1. The van der Waals surface area contributed by atoms with Crippen molar-refractivity contribution < 1.29 is 4.79 Å². The number of nitrogens with one attached hydrogen (secondary N) is 1. The number of nitrogens with zero attached hydrogens (tertiary/aromatic N) is 3. The van der Waals surface area contributed by atoms with Crippen LogP contribution in [-0.2, 0) is 11.5 Å². The molecule has 0 aliphatic carbocycles. The van der Waals surface area contributed by atoms with Gasteiger partial charge in [-0.2, -0.15) is 5.10 Å². The smallest absolute Gasteiger partial charge is 0.275 e. The maximum atomic E-state index is 12.4. The molecule has 2 heterocycles. The van der Waals surface area contributed by atoms with Gasteiger partial charge in [0.1, 0.15) is 0 Å². The fourth-order valence-electron chi connectivity index (χ4n) is 2.96. The number of hydrogen-bond acceptors (Lipinski definition) is 4. The monoisotopic (exact) mass is 300 g/mol. The number of carbonyl (C=O) groups is 1. The third-order valence-corrected chi connectivity index (χ3v) is 4.30. The molecule has 0 bridgehead atoms. The summed E-state index contributed by atoms with van der Waals surface area (Å²) in [5.74, 6) is 0.197. The summed E-state index contributed by atoms with van der Waals surface area (Å²) in [4.78, 5) is 26.2. The molecular weight excluding hydrogens is 280 g/mol. The molecule has 3 rings (SSSR count). The average molecular weight is 300 g/mol. The van der Waals surface area contributed by atoms with Crippen LogP contribution in [0.15, 0.2) is 35.3 Å². The number of piperidine rings is 1. The Hall–Kier alpha value is -2.21. The molecule has 1 aromatic carbocycles. The van der Waals surface area contributed by atoms with E-state index in [1.807, 2.05) is 24.3 Å². The lowest BCUT2D eigenvalue weighted by Gasteiger charge is -2.30. The predicted molar refractivity (Wildman–Crippen MR) is 84.4 cm³/mol. The van der Waals surface area contributed by atoms with Gasteiger partial charge in [0.2, 0.25) is 5.91 Å². The van der Waals surface area contributed by atoms with Crippen molar-refractivity contribution in [3.63, 3.8) is 0 Å². The molecule has 22 heavy (non-hydrogen) atoms. The molecule has 2 aromatic rings. The Labute approximate surface area is 128 Å². The fraction of sp³-hybridized carbons (Fsp3) is 0.438. The van der Waals surface area contributed by atoms with Crippen LogP contribution in [0.2, 0.25) is 0 Å². The van der Waals surface area contributed by atoms with Crippen LogP contribution in [0.3, 0.4) is 0 Å². The zero-order valence-corrected chi connectivity index (χ0v) is 12.7. The molecule has 1 fully saturated rings. The average Bonchev–Trinajstić information content (AvgIpc) is 2.57. The van der Waals surface area contributed by atoms with Gasteiger partial charge in [-0.1, -0.05) is 18.2 Å². The van der Waals surface area contributed by atoms with Crippen molar-refractivity contribution in [1.29, 1.82) is 0 Å². The van der Waals surface area contributed by atoms with Crippen molar-refractivity contribution in [2.75, 3.05) is 20.1 Å². The van der Waals surface area contributed by atoms with Gasteiger partial charge >= 0.3 is 0 Å². The van der Waals surface area contributed by atoms with Gasteiger partial charge in [0.25, 0.3) is 5.56 Å². The van der Waals surface area contributed by atoms with Crippen LogP contribution in [0.5, 0.6) is 0 Å². The van der Waals surface area contributed by atoms with Gasteiger partial charge in [0.05, 0.1) is 18.3 Å². The van der Waals surface area contributed by atoms with Crippen molar-refractivity contribution >= 4 is 16.7 Å². The van der Waals surface area contributed by atoms with E-state index >= 15 is 0 Å². The minimum absolute atomic E-state index is 0.0634. The molecule has 1 N–H and O–H groups in total. The zero-order valence-electron chi connectivity index (χ0n) is 12.7. The first-order chi connectivity index (χ1) is 10.7.